The average Bonchev–Trinajstić information content (AvgIpc) is 3.07. The van der Waals surface area contributed by atoms with Gasteiger partial charge >= 0.3 is 0 Å². The predicted octanol–water partition coefficient (Wildman–Crippen LogP) is 1.78. The largest absolute Gasteiger partial charge is 0.487 e. The molecule has 3 rings (SSSR count). The van der Waals surface area contributed by atoms with E-state index in [2.05, 4.69) is 12.1 Å². The molecule has 3 nitrogen and oxygen atoms in total. The number of benzene rings is 1. The number of hydrogen-bond acceptors (Lipinski definition) is 2. The van der Waals surface area contributed by atoms with Crippen LogP contribution < -0.4 is 4.74 Å². The fourth-order valence-corrected chi connectivity index (χ4v) is 2.06. The zero-order valence-corrected chi connectivity index (χ0v) is 9.13. The first-order chi connectivity index (χ1) is 7.85. The summed E-state index contributed by atoms with van der Waals surface area (Å²) in [4.78, 5) is 12.1. The molecule has 2 aliphatic rings. The molecule has 0 N–H and O–H groups in total. The van der Waals surface area contributed by atoms with Crippen LogP contribution in [0.3, 0.4) is 0 Å². The Kier molecular flexibility index (Phi) is 2.31. The summed E-state index contributed by atoms with van der Waals surface area (Å²) in [5.41, 5.74) is 1.43. The zero-order chi connectivity index (χ0) is 11.0. The van der Waals surface area contributed by atoms with E-state index in [1.165, 1.54) is 18.4 Å². The SMILES string of the molecule is O=CN1CC(Oc2ccc(C3CC3)cc2)C1. The van der Waals surface area contributed by atoms with Gasteiger partial charge in [-0.2, -0.15) is 0 Å². The normalized spacial score (nSPS) is 20.4. The molecule has 3 heteroatoms. The van der Waals surface area contributed by atoms with Crippen LogP contribution in [0.15, 0.2) is 24.3 Å². The Morgan fingerprint density at radius 3 is 2.44 bits per heavy atom. The van der Waals surface area contributed by atoms with Crippen LogP contribution in [0.25, 0.3) is 0 Å². The number of ether oxygens (including phenoxy) is 1. The molecular formula is C13H15NO2. The van der Waals surface area contributed by atoms with E-state index < -0.39 is 0 Å². The minimum absolute atomic E-state index is 0.178. The number of amides is 1. The van der Waals surface area contributed by atoms with Crippen molar-refractivity contribution in [3.63, 3.8) is 0 Å². The molecule has 0 spiro atoms. The van der Waals surface area contributed by atoms with Gasteiger partial charge in [-0.15, -0.1) is 0 Å². The van der Waals surface area contributed by atoms with E-state index >= 15 is 0 Å². The highest BCUT2D eigenvalue weighted by Crippen LogP contribution is 2.40. The van der Waals surface area contributed by atoms with E-state index in [1.807, 2.05) is 12.1 Å². The summed E-state index contributed by atoms with van der Waals surface area (Å²) in [6.07, 6.45) is 3.71. The lowest BCUT2D eigenvalue weighted by Gasteiger charge is -2.36. The summed E-state index contributed by atoms with van der Waals surface area (Å²) in [7, 11) is 0. The van der Waals surface area contributed by atoms with Gasteiger partial charge in [0.1, 0.15) is 11.9 Å². The maximum atomic E-state index is 10.4. The molecule has 0 aromatic heterocycles. The van der Waals surface area contributed by atoms with Crippen LogP contribution in [-0.2, 0) is 4.79 Å². The van der Waals surface area contributed by atoms with Crippen molar-refractivity contribution in [1.29, 1.82) is 0 Å². The average molecular weight is 217 g/mol. The van der Waals surface area contributed by atoms with Crippen LogP contribution in [0.2, 0.25) is 0 Å². The number of rotatable bonds is 4. The van der Waals surface area contributed by atoms with Gasteiger partial charge in [0.2, 0.25) is 6.41 Å². The van der Waals surface area contributed by atoms with E-state index in [0.29, 0.717) is 13.1 Å². The van der Waals surface area contributed by atoms with Crippen molar-refractivity contribution in [2.24, 2.45) is 0 Å². The van der Waals surface area contributed by atoms with Gasteiger partial charge in [-0.3, -0.25) is 4.79 Å². The van der Waals surface area contributed by atoms with Crippen LogP contribution in [-0.4, -0.2) is 30.5 Å². The van der Waals surface area contributed by atoms with E-state index in [-0.39, 0.29) is 6.10 Å². The number of carbonyl (C=O) groups excluding carboxylic acids is 1. The fraction of sp³-hybridized carbons (Fsp3) is 0.462. The molecule has 16 heavy (non-hydrogen) atoms. The van der Waals surface area contributed by atoms with Gasteiger partial charge in [-0.1, -0.05) is 12.1 Å². The summed E-state index contributed by atoms with van der Waals surface area (Å²) in [6, 6.07) is 8.39. The van der Waals surface area contributed by atoms with E-state index in [0.717, 1.165) is 18.1 Å². The van der Waals surface area contributed by atoms with Gasteiger partial charge in [0.05, 0.1) is 13.1 Å². The standard InChI is InChI=1S/C13H15NO2/c15-9-14-7-13(8-14)16-12-5-3-11(4-6-12)10-1-2-10/h3-6,9-10,13H,1-2,7-8H2. The second-order valence-electron chi connectivity index (χ2n) is 4.64. The van der Waals surface area contributed by atoms with Crippen molar-refractivity contribution < 1.29 is 9.53 Å². The summed E-state index contributed by atoms with van der Waals surface area (Å²) in [5.74, 6) is 1.71. The number of carbonyl (C=O) groups is 1. The molecule has 0 atom stereocenters. The summed E-state index contributed by atoms with van der Waals surface area (Å²) in [6.45, 7) is 1.43. The van der Waals surface area contributed by atoms with Crippen molar-refractivity contribution in [2.45, 2.75) is 24.9 Å². The van der Waals surface area contributed by atoms with Crippen molar-refractivity contribution in [3.8, 4) is 5.75 Å². The minimum atomic E-state index is 0.178. The third-order valence-electron chi connectivity index (χ3n) is 3.26. The molecule has 1 amide bonds. The van der Waals surface area contributed by atoms with Crippen LogP contribution in [0.5, 0.6) is 5.75 Å². The quantitative estimate of drug-likeness (QED) is 0.719. The molecule has 0 radical (unpaired) electrons. The van der Waals surface area contributed by atoms with Gasteiger partial charge in [-0.25, -0.2) is 0 Å². The van der Waals surface area contributed by atoms with Gasteiger partial charge in [0.15, 0.2) is 0 Å². The molecule has 1 heterocycles. The molecule has 0 unspecified atom stereocenters. The molecule has 1 aliphatic heterocycles. The lowest BCUT2D eigenvalue weighted by atomic mass is 10.1. The second kappa shape index (κ2) is 3.81. The van der Waals surface area contributed by atoms with Crippen LogP contribution >= 0.6 is 0 Å². The second-order valence-corrected chi connectivity index (χ2v) is 4.64. The highest BCUT2D eigenvalue weighted by atomic mass is 16.5. The van der Waals surface area contributed by atoms with Crippen LogP contribution in [0.1, 0.15) is 24.3 Å². The summed E-state index contributed by atoms with van der Waals surface area (Å²) < 4.78 is 5.74. The Hall–Kier alpha value is -1.51. The Morgan fingerprint density at radius 2 is 1.88 bits per heavy atom. The fourth-order valence-electron chi connectivity index (χ4n) is 2.06. The molecule has 2 fully saturated rings. The Morgan fingerprint density at radius 1 is 1.19 bits per heavy atom. The maximum absolute atomic E-state index is 10.4. The first-order valence-electron chi connectivity index (χ1n) is 5.81. The van der Waals surface area contributed by atoms with Crippen molar-refractivity contribution >= 4 is 6.41 Å². The lowest BCUT2D eigenvalue weighted by molar-refractivity contribution is -0.126. The van der Waals surface area contributed by atoms with E-state index in [9.17, 15) is 4.79 Å². The third-order valence-corrected chi connectivity index (χ3v) is 3.26. The highest BCUT2D eigenvalue weighted by Gasteiger charge is 2.27. The first kappa shape index (κ1) is 9.70. The zero-order valence-electron chi connectivity index (χ0n) is 9.13. The predicted molar refractivity (Wildman–Crippen MR) is 60.5 cm³/mol. The molecule has 1 aromatic rings. The first-order valence-corrected chi connectivity index (χ1v) is 5.81. The molecular weight excluding hydrogens is 202 g/mol. The molecule has 1 saturated carbocycles. The van der Waals surface area contributed by atoms with Gasteiger partial charge in [-0.05, 0) is 36.5 Å². The number of hydrogen-bond donors (Lipinski definition) is 0. The molecule has 0 bridgehead atoms. The van der Waals surface area contributed by atoms with E-state index in [4.69, 9.17) is 4.74 Å². The summed E-state index contributed by atoms with van der Waals surface area (Å²) in [5, 5.41) is 0. The molecule has 1 aliphatic carbocycles. The van der Waals surface area contributed by atoms with E-state index in [1.54, 1.807) is 4.90 Å². The maximum Gasteiger partial charge on any atom is 0.209 e. The molecule has 1 aromatic carbocycles. The van der Waals surface area contributed by atoms with Gasteiger partial charge in [0, 0.05) is 0 Å². The lowest BCUT2D eigenvalue weighted by Crippen LogP contribution is -2.52. The van der Waals surface area contributed by atoms with Crippen LogP contribution in [0.4, 0.5) is 0 Å². The minimum Gasteiger partial charge on any atom is -0.487 e. The Bertz CT molecular complexity index is 377. The van der Waals surface area contributed by atoms with Gasteiger partial charge < -0.3 is 9.64 Å². The van der Waals surface area contributed by atoms with Gasteiger partial charge in [0.25, 0.3) is 0 Å². The Labute approximate surface area is 95.0 Å². The van der Waals surface area contributed by atoms with Crippen molar-refractivity contribution in [1.82, 2.24) is 4.90 Å². The topological polar surface area (TPSA) is 29.5 Å². The third kappa shape index (κ3) is 1.90. The summed E-state index contributed by atoms with van der Waals surface area (Å²) >= 11 is 0. The van der Waals surface area contributed by atoms with Crippen molar-refractivity contribution in [3.05, 3.63) is 29.8 Å². The van der Waals surface area contributed by atoms with Crippen molar-refractivity contribution in [2.75, 3.05) is 13.1 Å². The number of likely N-dealkylation sites (tertiary alicyclic amines) is 1. The molecule has 84 valence electrons. The van der Waals surface area contributed by atoms with Crippen LogP contribution in [0, 0.1) is 0 Å². The smallest absolute Gasteiger partial charge is 0.209 e. The highest BCUT2D eigenvalue weighted by molar-refractivity contribution is 5.49. The Balaban J connectivity index is 1.56. The molecule has 1 saturated heterocycles. The number of nitrogens with zero attached hydrogens (tertiary/aromatic N) is 1. The monoisotopic (exact) mass is 217 g/mol.